The number of piperidine rings is 1. The van der Waals surface area contributed by atoms with Gasteiger partial charge in [0, 0.05) is 25.3 Å². The Morgan fingerprint density at radius 3 is 2.32 bits per heavy atom. The molecule has 5 heteroatoms. The number of hydrogen-bond donors (Lipinski definition) is 0. The van der Waals surface area contributed by atoms with Crippen molar-refractivity contribution < 1.29 is 13.9 Å². The van der Waals surface area contributed by atoms with Gasteiger partial charge >= 0.3 is 0 Å². The predicted molar refractivity (Wildman–Crippen MR) is 108 cm³/mol. The largest absolute Gasteiger partial charge is 0.363 e. The number of anilines is 1. The smallest absolute Gasteiger partial charge is 0.253 e. The second kappa shape index (κ2) is 7.64. The van der Waals surface area contributed by atoms with Crippen LogP contribution >= 0.6 is 0 Å². The number of morpholine rings is 1. The van der Waals surface area contributed by atoms with Crippen LogP contribution in [0.5, 0.6) is 0 Å². The Bertz CT molecular complexity index is 837. The minimum atomic E-state index is -0.306. The quantitative estimate of drug-likeness (QED) is 0.809. The van der Waals surface area contributed by atoms with Crippen molar-refractivity contribution in [3.63, 3.8) is 0 Å². The number of rotatable bonds is 3. The Kier molecular flexibility index (Phi) is 5.21. The van der Waals surface area contributed by atoms with Crippen LogP contribution in [-0.2, 0) is 16.1 Å². The standard InChI is InChI=1S/C23H27FN2O2/c1-17-4-3-5-18(2)21(17)14-25-12-10-23(11-13-25)16-26(22(27)15-28-23)20-8-6-19(24)7-9-20/h3-9H,10-16H2,1-2H3. The maximum atomic E-state index is 13.2. The number of carbonyl (C=O) groups excluding carboxylic acids is 1. The molecular weight excluding hydrogens is 355 g/mol. The third-order valence-electron chi connectivity index (χ3n) is 6.18. The molecule has 28 heavy (non-hydrogen) atoms. The molecule has 0 N–H and O–H groups in total. The maximum absolute atomic E-state index is 13.2. The number of benzene rings is 2. The highest BCUT2D eigenvalue weighted by Gasteiger charge is 2.42. The highest BCUT2D eigenvalue weighted by molar-refractivity contribution is 5.95. The first kappa shape index (κ1) is 19.1. The van der Waals surface area contributed by atoms with E-state index < -0.39 is 0 Å². The molecule has 0 saturated carbocycles. The van der Waals surface area contributed by atoms with Crippen molar-refractivity contribution in [2.24, 2.45) is 0 Å². The third-order valence-corrected chi connectivity index (χ3v) is 6.18. The van der Waals surface area contributed by atoms with Gasteiger partial charge < -0.3 is 9.64 Å². The maximum Gasteiger partial charge on any atom is 0.253 e. The average Bonchev–Trinajstić information content (AvgIpc) is 2.69. The molecule has 0 aromatic heterocycles. The Balaban J connectivity index is 1.43. The third kappa shape index (κ3) is 3.82. The van der Waals surface area contributed by atoms with Gasteiger partial charge in [0.25, 0.3) is 5.91 Å². The predicted octanol–water partition coefficient (Wildman–Crippen LogP) is 3.84. The number of ether oxygens (including phenoxy) is 1. The molecule has 2 aliphatic heterocycles. The van der Waals surface area contributed by atoms with Crippen LogP contribution in [0.1, 0.15) is 29.5 Å². The van der Waals surface area contributed by atoms with E-state index in [1.807, 2.05) is 0 Å². The van der Waals surface area contributed by atoms with Crippen molar-refractivity contribution in [3.05, 3.63) is 65.0 Å². The van der Waals surface area contributed by atoms with E-state index in [4.69, 9.17) is 4.74 Å². The van der Waals surface area contributed by atoms with Crippen molar-refractivity contribution in [3.8, 4) is 0 Å². The molecule has 1 spiro atoms. The molecule has 2 saturated heterocycles. The van der Waals surface area contributed by atoms with Crippen LogP contribution in [0.25, 0.3) is 0 Å². The van der Waals surface area contributed by atoms with E-state index in [0.717, 1.165) is 38.2 Å². The summed E-state index contributed by atoms with van der Waals surface area (Å²) in [4.78, 5) is 16.6. The molecule has 1 amide bonds. The fourth-order valence-electron chi connectivity index (χ4n) is 4.31. The number of carbonyl (C=O) groups is 1. The molecule has 0 bridgehead atoms. The summed E-state index contributed by atoms with van der Waals surface area (Å²) in [6.45, 7) is 7.81. The molecule has 4 nitrogen and oxygen atoms in total. The van der Waals surface area contributed by atoms with E-state index >= 15 is 0 Å². The van der Waals surface area contributed by atoms with Gasteiger partial charge in [-0.3, -0.25) is 9.69 Å². The molecule has 2 aliphatic rings. The number of amides is 1. The SMILES string of the molecule is Cc1cccc(C)c1CN1CCC2(CC1)CN(c1ccc(F)cc1)C(=O)CO2. The summed E-state index contributed by atoms with van der Waals surface area (Å²) in [6, 6.07) is 12.6. The summed E-state index contributed by atoms with van der Waals surface area (Å²) < 4.78 is 19.3. The van der Waals surface area contributed by atoms with Gasteiger partial charge in [-0.2, -0.15) is 0 Å². The molecule has 0 radical (unpaired) electrons. The van der Waals surface area contributed by atoms with E-state index in [2.05, 4.69) is 36.9 Å². The van der Waals surface area contributed by atoms with Crippen molar-refractivity contribution in [1.29, 1.82) is 0 Å². The first-order chi connectivity index (χ1) is 13.5. The van der Waals surface area contributed by atoms with E-state index in [-0.39, 0.29) is 23.9 Å². The van der Waals surface area contributed by atoms with Gasteiger partial charge in [-0.1, -0.05) is 18.2 Å². The lowest BCUT2D eigenvalue weighted by atomic mass is 9.88. The summed E-state index contributed by atoms with van der Waals surface area (Å²) in [5, 5.41) is 0. The van der Waals surface area contributed by atoms with Gasteiger partial charge in [-0.15, -0.1) is 0 Å². The minimum Gasteiger partial charge on any atom is -0.363 e. The molecule has 2 heterocycles. The summed E-state index contributed by atoms with van der Waals surface area (Å²) in [5.41, 5.74) is 4.52. The monoisotopic (exact) mass is 382 g/mol. The summed E-state index contributed by atoms with van der Waals surface area (Å²) in [5.74, 6) is -0.353. The van der Waals surface area contributed by atoms with Crippen molar-refractivity contribution in [1.82, 2.24) is 4.90 Å². The fraction of sp³-hybridized carbons (Fsp3) is 0.435. The van der Waals surface area contributed by atoms with Crippen LogP contribution in [0.3, 0.4) is 0 Å². The van der Waals surface area contributed by atoms with E-state index in [9.17, 15) is 9.18 Å². The zero-order chi connectivity index (χ0) is 19.7. The molecule has 2 aromatic carbocycles. The van der Waals surface area contributed by atoms with Gasteiger partial charge in [0.15, 0.2) is 0 Å². The molecule has 0 unspecified atom stereocenters. The topological polar surface area (TPSA) is 32.8 Å². The lowest BCUT2D eigenvalue weighted by molar-refractivity contribution is -0.145. The highest BCUT2D eigenvalue weighted by Crippen LogP contribution is 2.33. The summed E-state index contributed by atoms with van der Waals surface area (Å²) in [7, 11) is 0. The molecular formula is C23H27FN2O2. The van der Waals surface area contributed by atoms with Gasteiger partial charge in [-0.05, 0) is 67.6 Å². The van der Waals surface area contributed by atoms with E-state index in [1.165, 1.54) is 28.8 Å². The second-order valence-corrected chi connectivity index (χ2v) is 8.07. The number of halogens is 1. The molecule has 148 valence electrons. The summed E-state index contributed by atoms with van der Waals surface area (Å²) >= 11 is 0. The number of aryl methyl sites for hydroxylation is 2. The van der Waals surface area contributed by atoms with Crippen LogP contribution in [0.4, 0.5) is 10.1 Å². The number of hydrogen-bond acceptors (Lipinski definition) is 3. The first-order valence-corrected chi connectivity index (χ1v) is 9.93. The van der Waals surface area contributed by atoms with Crippen molar-refractivity contribution in [2.75, 3.05) is 31.1 Å². The Morgan fingerprint density at radius 2 is 1.68 bits per heavy atom. The molecule has 4 rings (SSSR count). The van der Waals surface area contributed by atoms with Crippen molar-refractivity contribution >= 4 is 11.6 Å². The van der Waals surface area contributed by atoms with Gasteiger partial charge in [0.05, 0.1) is 12.1 Å². The minimum absolute atomic E-state index is 0.0600. The van der Waals surface area contributed by atoms with Gasteiger partial charge in [0.1, 0.15) is 12.4 Å². The lowest BCUT2D eigenvalue weighted by Gasteiger charge is -2.47. The van der Waals surface area contributed by atoms with Gasteiger partial charge in [0.2, 0.25) is 0 Å². The zero-order valence-corrected chi connectivity index (χ0v) is 16.6. The molecule has 0 atom stereocenters. The fourth-order valence-corrected chi connectivity index (χ4v) is 4.31. The van der Waals surface area contributed by atoms with Gasteiger partial charge in [-0.25, -0.2) is 4.39 Å². The average molecular weight is 382 g/mol. The van der Waals surface area contributed by atoms with Crippen LogP contribution < -0.4 is 4.90 Å². The van der Waals surface area contributed by atoms with Crippen molar-refractivity contribution in [2.45, 2.75) is 38.8 Å². The second-order valence-electron chi connectivity index (χ2n) is 8.07. The van der Waals surface area contributed by atoms with Crippen LogP contribution in [0.15, 0.2) is 42.5 Å². The normalized spacial score (nSPS) is 20.0. The number of nitrogens with zero attached hydrogens (tertiary/aromatic N) is 2. The zero-order valence-electron chi connectivity index (χ0n) is 16.6. The summed E-state index contributed by atoms with van der Waals surface area (Å²) in [6.07, 6.45) is 1.78. The Morgan fingerprint density at radius 1 is 1.04 bits per heavy atom. The van der Waals surface area contributed by atoms with Crippen LogP contribution in [-0.4, -0.2) is 42.6 Å². The molecule has 0 aliphatic carbocycles. The van der Waals surface area contributed by atoms with E-state index in [1.54, 1.807) is 17.0 Å². The lowest BCUT2D eigenvalue weighted by Crippen LogP contribution is -2.58. The Hall–Kier alpha value is -2.24. The highest BCUT2D eigenvalue weighted by atomic mass is 19.1. The molecule has 2 aromatic rings. The van der Waals surface area contributed by atoms with Crippen LogP contribution in [0.2, 0.25) is 0 Å². The van der Waals surface area contributed by atoms with Crippen LogP contribution in [0, 0.1) is 19.7 Å². The van der Waals surface area contributed by atoms with E-state index in [0.29, 0.717) is 6.54 Å². The molecule has 2 fully saturated rings. The first-order valence-electron chi connectivity index (χ1n) is 9.93. The number of likely N-dealkylation sites (tertiary alicyclic amines) is 1. The Labute approximate surface area is 165 Å².